The molecule has 4 N–H and O–H groups in total. The van der Waals surface area contributed by atoms with Gasteiger partial charge >= 0.3 is 0 Å². The van der Waals surface area contributed by atoms with Crippen molar-refractivity contribution < 1.29 is 10.7 Å². The minimum Gasteiger partial charge on any atom is -0.412 e. The molecule has 0 aromatic rings. The Morgan fingerprint density at radius 1 is 1.75 bits per heavy atom. The van der Waals surface area contributed by atoms with Gasteiger partial charge in [-0.25, -0.2) is 0 Å². The molecule has 0 unspecified atom stereocenters. The van der Waals surface area contributed by atoms with Crippen molar-refractivity contribution in [2.45, 2.75) is 0 Å². The summed E-state index contributed by atoms with van der Waals surface area (Å²) in [5, 5.41) is 7.08. The maximum atomic E-state index is 7.08. The summed E-state index contributed by atoms with van der Waals surface area (Å²) in [5.41, 5.74) is 0. The van der Waals surface area contributed by atoms with E-state index in [0.29, 0.717) is 0 Å². The molecule has 0 spiro atoms. The first kappa shape index (κ1) is 8.90. The summed E-state index contributed by atoms with van der Waals surface area (Å²) in [6, 6.07) is 0. The van der Waals surface area contributed by atoms with Gasteiger partial charge in [0.2, 0.25) is 0 Å². The van der Waals surface area contributed by atoms with Crippen LogP contribution in [0.15, 0.2) is 0 Å². The summed E-state index contributed by atoms with van der Waals surface area (Å²) in [7, 11) is 0. The summed E-state index contributed by atoms with van der Waals surface area (Å²) >= 11 is 4.30. The normalized spacial score (nSPS) is 4.50. The third kappa shape index (κ3) is 103. The molecule has 0 radical (unpaired) electrons. The Bertz CT molecular complexity index is 6.00. The highest BCUT2D eigenvalue weighted by Crippen LogP contribution is 1.37. The lowest BCUT2D eigenvalue weighted by atomic mass is 13.6. The van der Waals surface area contributed by atoms with Crippen LogP contribution in [0.5, 0.6) is 0 Å². The molecular weight excluding hydrogens is 81.5 g/mol. The molecule has 28 valence electrons. The first-order valence-corrected chi connectivity index (χ1v) is 0.791. The van der Waals surface area contributed by atoms with E-state index in [-0.39, 0.29) is 5.48 Å². The van der Waals surface area contributed by atoms with E-state index < -0.39 is 0 Å². The first-order valence-electron chi connectivity index (χ1n) is 0.413. The predicted molar refractivity (Wildman–Crippen MR) is 14.4 cm³/mol. The Morgan fingerprint density at radius 2 is 1.75 bits per heavy atom. The second kappa shape index (κ2) is 10.9. The molecule has 0 aliphatic rings. The largest absolute Gasteiger partial charge is 0.412 e. The lowest BCUT2D eigenvalue weighted by molar-refractivity contribution is 0.251. The zero-order valence-electron chi connectivity index (χ0n) is 1.83. The molecular formula is H4ClNO2. The molecule has 0 rings (SSSR count). The molecule has 0 heterocycles. The third-order valence-electron chi connectivity index (χ3n) is 0. The van der Waals surface area contributed by atoms with E-state index in [1.807, 2.05) is 0 Å². The number of nitrogens with one attached hydrogen (secondary N) is 1. The van der Waals surface area contributed by atoms with E-state index in [4.69, 9.17) is 5.21 Å². The molecule has 0 aliphatic carbocycles. The topological polar surface area (TPSA) is 63.8 Å². The Hall–Kier alpha value is 0.170. The quantitative estimate of drug-likeness (QED) is 0.302. The fraction of sp³-hybridized carbons (Fsp3) is 0. The Morgan fingerprint density at radius 3 is 1.75 bits per heavy atom. The van der Waals surface area contributed by atoms with Crippen LogP contribution in [0, 0.1) is 0 Å². The fourth-order valence-electron chi connectivity index (χ4n) is 0. The van der Waals surface area contributed by atoms with Crippen LogP contribution in [0.1, 0.15) is 0 Å². The molecule has 3 nitrogen and oxygen atoms in total. The fourth-order valence-corrected chi connectivity index (χ4v) is 0. The van der Waals surface area contributed by atoms with Gasteiger partial charge in [-0.05, 0) is 0 Å². The molecule has 0 aromatic heterocycles. The highest BCUT2D eigenvalue weighted by molar-refractivity contribution is 6.12. The van der Waals surface area contributed by atoms with E-state index >= 15 is 0 Å². The average molecular weight is 85.5 g/mol. The number of hydrogen-bond donors (Lipinski definition) is 2. The predicted octanol–water partition coefficient (Wildman–Crippen LogP) is -0.706. The minimum absolute atomic E-state index is 0. The van der Waals surface area contributed by atoms with Crippen LogP contribution < -0.4 is 5.00 Å². The van der Waals surface area contributed by atoms with Gasteiger partial charge in [0.25, 0.3) is 0 Å². The van der Waals surface area contributed by atoms with Gasteiger partial charge < -0.3 is 10.7 Å². The zero-order valence-corrected chi connectivity index (χ0v) is 2.58. The summed E-state index contributed by atoms with van der Waals surface area (Å²) in [5.74, 6) is 0. The number of halogens is 1. The third-order valence-corrected chi connectivity index (χ3v) is 0. The Labute approximate surface area is 28.6 Å². The molecule has 4 heavy (non-hydrogen) atoms. The maximum absolute atomic E-state index is 7.08. The van der Waals surface area contributed by atoms with Crippen molar-refractivity contribution in [3.8, 4) is 0 Å². The standard InChI is InChI=1S/ClH2NO.H2O/c1-2-3;/h2-3H;1H2. The highest BCUT2D eigenvalue weighted by Gasteiger charge is 1.29. The van der Waals surface area contributed by atoms with Crippen LogP contribution in [0.2, 0.25) is 0 Å². The van der Waals surface area contributed by atoms with Crippen molar-refractivity contribution in [1.29, 1.82) is 0 Å². The van der Waals surface area contributed by atoms with Crippen molar-refractivity contribution in [3.63, 3.8) is 0 Å². The lowest BCUT2D eigenvalue weighted by Gasteiger charge is -1.55. The van der Waals surface area contributed by atoms with E-state index in [2.05, 4.69) is 11.8 Å². The zero-order chi connectivity index (χ0) is 2.71. The van der Waals surface area contributed by atoms with Crippen LogP contribution in [-0.4, -0.2) is 10.7 Å². The molecule has 0 saturated carbocycles. The van der Waals surface area contributed by atoms with Gasteiger partial charge in [0.15, 0.2) is 0 Å². The highest BCUT2D eigenvalue weighted by atomic mass is 35.5. The van der Waals surface area contributed by atoms with Gasteiger partial charge in [0.05, 0.1) is 0 Å². The van der Waals surface area contributed by atoms with Gasteiger partial charge in [0.1, 0.15) is 0 Å². The van der Waals surface area contributed by atoms with Crippen molar-refractivity contribution in [3.05, 3.63) is 0 Å². The summed E-state index contributed by atoms with van der Waals surface area (Å²) in [6.45, 7) is 0. The van der Waals surface area contributed by atoms with Crippen molar-refractivity contribution in [2.75, 3.05) is 0 Å². The smallest absolute Gasteiger partial charge is 0.00268 e. The van der Waals surface area contributed by atoms with E-state index in [1.54, 1.807) is 0 Å². The van der Waals surface area contributed by atoms with Gasteiger partial charge in [-0.3, -0.25) is 0 Å². The summed E-state index contributed by atoms with van der Waals surface area (Å²) in [4.78, 5) is 1.22. The van der Waals surface area contributed by atoms with E-state index in [9.17, 15) is 0 Å². The van der Waals surface area contributed by atoms with Crippen LogP contribution in [0.4, 0.5) is 0 Å². The molecule has 0 amide bonds. The Kier molecular flexibility index (Phi) is 24.3. The molecule has 0 fully saturated rings. The average Bonchev–Trinajstić information content (AvgIpc) is 0.918. The SMILES string of the molecule is O.ONCl. The van der Waals surface area contributed by atoms with Crippen molar-refractivity contribution in [1.82, 2.24) is 5.00 Å². The first-order chi connectivity index (χ1) is 1.41. The van der Waals surface area contributed by atoms with Gasteiger partial charge in [-0.15, -0.1) is 5.00 Å². The molecule has 0 atom stereocenters. The Balaban J connectivity index is 0. The van der Waals surface area contributed by atoms with Crippen LogP contribution in [-0.2, 0) is 0 Å². The molecule has 0 bridgehead atoms. The second-order valence-electron chi connectivity index (χ2n) is 0.0845. The van der Waals surface area contributed by atoms with Crippen LogP contribution in [0.3, 0.4) is 0 Å². The molecule has 0 aliphatic heterocycles. The van der Waals surface area contributed by atoms with Gasteiger partial charge in [-0.1, -0.05) is 0 Å². The van der Waals surface area contributed by atoms with E-state index in [0.717, 1.165) is 0 Å². The van der Waals surface area contributed by atoms with Crippen LogP contribution >= 0.6 is 11.8 Å². The van der Waals surface area contributed by atoms with Gasteiger partial charge in [-0.2, -0.15) is 0 Å². The van der Waals surface area contributed by atoms with Crippen LogP contribution in [0.25, 0.3) is 0 Å². The van der Waals surface area contributed by atoms with Gasteiger partial charge in [0, 0.05) is 11.8 Å². The van der Waals surface area contributed by atoms with E-state index in [1.165, 1.54) is 5.00 Å². The lowest BCUT2D eigenvalue weighted by Crippen LogP contribution is -1.78. The van der Waals surface area contributed by atoms with Crippen molar-refractivity contribution >= 4 is 11.8 Å². The molecule has 4 heteroatoms. The second-order valence-corrected chi connectivity index (χ2v) is 0.254. The molecule has 0 aromatic carbocycles. The maximum Gasteiger partial charge on any atom is 0.00268 e. The monoisotopic (exact) mass is 85.0 g/mol. The summed E-state index contributed by atoms with van der Waals surface area (Å²) < 4.78 is 0. The minimum atomic E-state index is 0. The summed E-state index contributed by atoms with van der Waals surface area (Å²) in [6.07, 6.45) is 0. The number of hydrogen-bond acceptors (Lipinski definition) is 2. The molecule has 0 saturated heterocycles. The van der Waals surface area contributed by atoms with Crippen molar-refractivity contribution in [2.24, 2.45) is 0 Å². The number of rotatable bonds is 0.